The van der Waals surface area contributed by atoms with Gasteiger partial charge in [-0.2, -0.15) is 0 Å². The van der Waals surface area contributed by atoms with Gasteiger partial charge in [-0.3, -0.25) is 4.98 Å². The van der Waals surface area contributed by atoms with Crippen molar-refractivity contribution in [1.29, 1.82) is 0 Å². The first-order valence-electron chi connectivity index (χ1n) is 6.13. The summed E-state index contributed by atoms with van der Waals surface area (Å²) >= 11 is 5.98. The second kappa shape index (κ2) is 6.53. The summed E-state index contributed by atoms with van der Waals surface area (Å²) in [6.07, 6.45) is 4.69. The second-order valence-electron chi connectivity index (χ2n) is 4.34. The van der Waals surface area contributed by atoms with Gasteiger partial charge in [0.15, 0.2) is 0 Å². The van der Waals surface area contributed by atoms with Crippen LogP contribution in [0, 0.1) is 0 Å². The maximum Gasteiger partial charge on any atom is 0.0409 e. The molecule has 0 aliphatic carbocycles. The highest BCUT2D eigenvalue weighted by molar-refractivity contribution is 6.30. The van der Waals surface area contributed by atoms with E-state index >= 15 is 0 Å². The monoisotopic (exact) mass is 260 g/mol. The Hall–Kier alpha value is -1.38. The first-order chi connectivity index (χ1) is 8.75. The lowest BCUT2D eigenvalue weighted by molar-refractivity contribution is 0.576. The van der Waals surface area contributed by atoms with Gasteiger partial charge in [-0.1, -0.05) is 29.8 Å². The van der Waals surface area contributed by atoms with Crippen LogP contribution in [0.15, 0.2) is 48.8 Å². The van der Waals surface area contributed by atoms with Crippen LogP contribution in [-0.2, 0) is 6.42 Å². The van der Waals surface area contributed by atoms with Gasteiger partial charge in [0.1, 0.15) is 0 Å². The molecule has 0 saturated carbocycles. The Bertz CT molecular complexity index is 485. The standard InChI is InChI=1S/C15H17ClN2/c1-12(14-5-2-6-15(16)10-14)18-9-7-13-4-3-8-17-11-13/h2-6,8,10-12,18H,7,9H2,1H3/t12-/m0/s1. The van der Waals surface area contributed by atoms with E-state index in [2.05, 4.69) is 29.4 Å². The highest BCUT2D eigenvalue weighted by Gasteiger charge is 2.04. The summed E-state index contributed by atoms with van der Waals surface area (Å²) in [4.78, 5) is 4.11. The van der Waals surface area contributed by atoms with Crippen LogP contribution < -0.4 is 5.32 Å². The Kier molecular flexibility index (Phi) is 4.73. The lowest BCUT2D eigenvalue weighted by Gasteiger charge is -2.14. The van der Waals surface area contributed by atoms with E-state index in [9.17, 15) is 0 Å². The highest BCUT2D eigenvalue weighted by Crippen LogP contribution is 2.17. The molecule has 1 aromatic carbocycles. The van der Waals surface area contributed by atoms with Crippen molar-refractivity contribution in [3.63, 3.8) is 0 Å². The lowest BCUT2D eigenvalue weighted by Crippen LogP contribution is -2.21. The van der Waals surface area contributed by atoms with Gasteiger partial charge in [0.05, 0.1) is 0 Å². The number of rotatable bonds is 5. The summed E-state index contributed by atoms with van der Waals surface area (Å²) in [7, 11) is 0. The Labute approximate surface area is 113 Å². The molecule has 1 heterocycles. The maximum atomic E-state index is 5.98. The SMILES string of the molecule is C[C@H](NCCc1cccnc1)c1cccc(Cl)c1. The third-order valence-corrected chi connectivity index (χ3v) is 3.17. The number of benzene rings is 1. The quantitative estimate of drug-likeness (QED) is 0.888. The highest BCUT2D eigenvalue weighted by atomic mass is 35.5. The average Bonchev–Trinajstić information content (AvgIpc) is 2.40. The molecule has 1 N–H and O–H groups in total. The predicted octanol–water partition coefficient (Wildman–Crippen LogP) is 3.63. The van der Waals surface area contributed by atoms with Crippen molar-refractivity contribution in [2.75, 3.05) is 6.54 Å². The van der Waals surface area contributed by atoms with Crippen LogP contribution in [0.4, 0.5) is 0 Å². The fourth-order valence-corrected chi connectivity index (χ4v) is 2.07. The van der Waals surface area contributed by atoms with Crippen LogP contribution in [-0.4, -0.2) is 11.5 Å². The van der Waals surface area contributed by atoms with E-state index in [4.69, 9.17) is 11.6 Å². The van der Waals surface area contributed by atoms with Gasteiger partial charge in [-0.05, 0) is 49.2 Å². The molecule has 0 saturated heterocycles. The summed E-state index contributed by atoms with van der Waals surface area (Å²) in [5, 5.41) is 4.27. The van der Waals surface area contributed by atoms with Gasteiger partial charge in [-0.15, -0.1) is 0 Å². The molecule has 0 bridgehead atoms. The molecule has 1 atom stereocenters. The van der Waals surface area contributed by atoms with Crippen molar-refractivity contribution in [2.45, 2.75) is 19.4 Å². The van der Waals surface area contributed by atoms with Crippen LogP contribution in [0.2, 0.25) is 5.02 Å². The Morgan fingerprint density at radius 2 is 2.17 bits per heavy atom. The maximum absolute atomic E-state index is 5.98. The smallest absolute Gasteiger partial charge is 0.0409 e. The number of nitrogens with one attached hydrogen (secondary N) is 1. The van der Waals surface area contributed by atoms with Crippen molar-refractivity contribution in [1.82, 2.24) is 10.3 Å². The summed E-state index contributed by atoms with van der Waals surface area (Å²) in [6, 6.07) is 12.3. The normalized spacial score (nSPS) is 12.3. The van der Waals surface area contributed by atoms with E-state index in [1.165, 1.54) is 11.1 Å². The third kappa shape index (κ3) is 3.83. The zero-order valence-electron chi connectivity index (χ0n) is 10.4. The summed E-state index contributed by atoms with van der Waals surface area (Å²) in [6.45, 7) is 3.08. The number of hydrogen-bond acceptors (Lipinski definition) is 2. The lowest BCUT2D eigenvalue weighted by atomic mass is 10.1. The fourth-order valence-electron chi connectivity index (χ4n) is 1.87. The number of hydrogen-bond donors (Lipinski definition) is 1. The second-order valence-corrected chi connectivity index (χ2v) is 4.78. The van der Waals surface area contributed by atoms with Crippen LogP contribution in [0.25, 0.3) is 0 Å². The number of aromatic nitrogens is 1. The first-order valence-corrected chi connectivity index (χ1v) is 6.51. The number of halogens is 1. The Morgan fingerprint density at radius 1 is 1.28 bits per heavy atom. The largest absolute Gasteiger partial charge is 0.310 e. The number of pyridine rings is 1. The van der Waals surface area contributed by atoms with Crippen LogP contribution in [0.5, 0.6) is 0 Å². The molecule has 0 unspecified atom stereocenters. The van der Waals surface area contributed by atoms with Crippen LogP contribution in [0.3, 0.4) is 0 Å². The van der Waals surface area contributed by atoms with Crippen molar-refractivity contribution >= 4 is 11.6 Å². The van der Waals surface area contributed by atoms with Gasteiger partial charge < -0.3 is 5.32 Å². The van der Waals surface area contributed by atoms with E-state index in [0.717, 1.165) is 18.0 Å². The van der Waals surface area contributed by atoms with Crippen molar-refractivity contribution in [3.8, 4) is 0 Å². The zero-order chi connectivity index (χ0) is 12.8. The molecule has 94 valence electrons. The van der Waals surface area contributed by atoms with E-state index in [1.54, 1.807) is 6.20 Å². The molecule has 3 heteroatoms. The zero-order valence-corrected chi connectivity index (χ0v) is 11.2. The minimum Gasteiger partial charge on any atom is -0.310 e. The molecule has 0 aliphatic rings. The summed E-state index contributed by atoms with van der Waals surface area (Å²) in [5.74, 6) is 0. The minimum absolute atomic E-state index is 0.306. The Morgan fingerprint density at radius 3 is 2.89 bits per heavy atom. The van der Waals surface area contributed by atoms with E-state index in [1.807, 2.05) is 30.5 Å². The Balaban J connectivity index is 1.83. The van der Waals surface area contributed by atoms with E-state index in [0.29, 0.717) is 6.04 Å². The van der Waals surface area contributed by atoms with Crippen LogP contribution in [0.1, 0.15) is 24.1 Å². The van der Waals surface area contributed by atoms with E-state index in [-0.39, 0.29) is 0 Å². The third-order valence-electron chi connectivity index (χ3n) is 2.94. The van der Waals surface area contributed by atoms with Gasteiger partial charge in [-0.25, -0.2) is 0 Å². The van der Waals surface area contributed by atoms with Gasteiger partial charge in [0.25, 0.3) is 0 Å². The average molecular weight is 261 g/mol. The summed E-state index contributed by atoms with van der Waals surface area (Å²) in [5.41, 5.74) is 2.47. The minimum atomic E-state index is 0.306. The number of nitrogens with zero attached hydrogens (tertiary/aromatic N) is 1. The molecule has 0 amide bonds. The molecule has 2 rings (SSSR count). The molecule has 2 aromatic rings. The van der Waals surface area contributed by atoms with E-state index < -0.39 is 0 Å². The van der Waals surface area contributed by atoms with Gasteiger partial charge >= 0.3 is 0 Å². The topological polar surface area (TPSA) is 24.9 Å². The summed E-state index contributed by atoms with van der Waals surface area (Å²) < 4.78 is 0. The van der Waals surface area contributed by atoms with Crippen molar-refractivity contribution in [2.24, 2.45) is 0 Å². The molecule has 0 radical (unpaired) electrons. The molecule has 0 spiro atoms. The van der Waals surface area contributed by atoms with Crippen molar-refractivity contribution in [3.05, 3.63) is 64.9 Å². The predicted molar refractivity (Wildman–Crippen MR) is 75.8 cm³/mol. The fraction of sp³-hybridized carbons (Fsp3) is 0.267. The van der Waals surface area contributed by atoms with Crippen LogP contribution >= 0.6 is 11.6 Å². The molecular formula is C15H17ClN2. The molecule has 2 nitrogen and oxygen atoms in total. The van der Waals surface area contributed by atoms with Gasteiger partial charge in [0.2, 0.25) is 0 Å². The molecule has 1 aromatic heterocycles. The molecule has 18 heavy (non-hydrogen) atoms. The molecule has 0 aliphatic heterocycles. The molecule has 0 fully saturated rings. The van der Waals surface area contributed by atoms with Crippen molar-refractivity contribution < 1.29 is 0 Å². The first kappa shape index (κ1) is 13.1. The molecular weight excluding hydrogens is 244 g/mol. The van der Waals surface area contributed by atoms with Gasteiger partial charge in [0, 0.05) is 23.5 Å².